The number of benzene rings is 1. The van der Waals surface area contributed by atoms with Gasteiger partial charge in [-0.05, 0) is 38.1 Å². The van der Waals surface area contributed by atoms with Gasteiger partial charge in [0.2, 0.25) is 17.7 Å². The van der Waals surface area contributed by atoms with Crippen LogP contribution in [0.5, 0.6) is 0 Å². The van der Waals surface area contributed by atoms with Crippen LogP contribution in [0.15, 0.2) is 41.1 Å². The Kier molecular flexibility index (Phi) is 7.00. The number of carbonyl (C=O) groups excluding carboxylic acids is 1. The monoisotopic (exact) mass is 608 g/mol. The second kappa shape index (κ2) is 10.2. The highest BCUT2D eigenvalue weighted by Gasteiger charge is 2.45. The number of carbonyl (C=O) groups is 1. The summed E-state index contributed by atoms with van der Waals surface area (Å²) in [5, 5.41) is 20.3. The van der Waals surface area contributed by atoms with Crippen LogP contribution in [0.25, 0.3) is 17.3 Å². The molecule has 1 aliphatic heterocycles. The molecular formula is C26H19F7N8O2. The molecule has 17 heteroatoms. The third kappa shape index (κ3) is 5.41. The average molecular weight is 608 g/mol. The van der Waals surface area contributed by atoms with E-state index in [1.807, 2.05) is 6.07 Å². The zero-order valence-electron chi connectivity index (χ0n) is 22.1. The van der Waals surface area contributed by atoms with E-state index >= 15 is 17.6 Å². The lowest BCUT2D eigenvalue weighted by Gasteiger charge is -2.25. The molecule has 4 aromatic rings. The molecule has 0 bridgehead atoms. The van der Waals surface area contributed by atoms with Crippen LogP contribution < -0.4 is 10.6 Å². The summed E-state index contributed by atoms with van der Waals surface area (Å²) in [6, 6.07) is 3.67. The fourth-order valence-corrected chi connectivity index (χ4v) is 4.29. The Morgan fingerprint density at radius 2 is 1.91 bits per heavy atom. The zero-order valence-corrected chi connectivity index (χ0v) is 22.1. The first kappa shape index (κ1) is 29.6. The predicted octanol–water partition coefficient (Wildman–Crippen LogP) is 4.77. The summed E-state index contributed by atoms with van der Waals surface area (Å²) in [6.45, 7) is 2.19. The van der Waals surface area contributed by atoms with Crippen LogP contribution in [-0.4, -0.2) is 36.9 Å². The molecule has 1 aliphatic rings. The lowest BCUT2D eigenvalue weighted by molar-refractivity contribution is -0.137. The van der Waals surface area contributed by atoms with Crippen LogP contribution in [0.4, 0.5) is 36.4 Å². The molecule has 0 radical (unpaired) electrons. The number of nitrogens with two attached hydrogens (primary N) is 1. The smallest absolute Gasteiger partial charge is 0.419 e. The van der Waals surface area contributed by atoms with E-state index in [9.17, 15) is 23.2 Å². The van der Waals surface area contributed by atoms with Gasteiger partial charge in [0.25, 0.3) is 11.8 Å². The number of nitriles is 1. The topological polar surface area (TPSA) is 140 Å². The van der Waals surface area contributed by atoms with Crippen LogP contribution in [0.3, 0.4) is 0 Å². The highest BCUT2D eigenvalue weighted by molar-refractivity contribution is 5.99. The number of hydrogen-bond acceptors (Lipinski definition) is 8. The number of nitrogens with zero attached hydrogens (tertiary/aromatic N) is 7. The molecular weight excluding hydrogens is 589 g/mol. The summed E-state index contributed by atoms with van der Waals surface area (Å²) in [7, 11) is 0. The van der Waals surface area contributed by atoms with Gasteiger partial charge < -0.3 is 15.1 Å². The van der Waals surface area contributed by atoms with Crippen molar-refractivity contribution in [2.24, 2.45) is 5.73 Å². The highest BCUT2D eigenvalue weighted by Crippen LogP contribution is 2.45. The SMILES string of the molecule is CC(C)(C#N)c1nnc(-c2cc3c(cc2F)C(F)(F)CC(N)C(=O)N3Cc2ccc(-n3cc(C(F)(F)F)cn3)nc2F)o1. The van der Waals surface area contributed by atoms with Crippen LogP contribution in [0.2, 0.25) is 0 Å². The average Bonchev–Trinajstić information content (AvgIpc) is 3.62. The maximum atomic E-state index is 15.2. The summed E-state index contributed by atoms with van der Waals surface area (Å²) in [6.07, 6.45) is -4.78. The molecule has 4 heterocycles. The van der Waals surface area contributed by atoms with E-state index in [4.69, 9.17) is 10.2 Å². The molecule has 0 saturated heterocycles. The first-order valence-electron chi connectivity index (χ1n) is 12.3. The Bertz CT molecular complexity index is 1770. The summed E-state index contributed by atoms with van der Waals surface area (Å²) in [4.78, 5) is 17.5. The molecule has 1 unspecified atom stereocenters. The van der Waals surface area contributed by atoms with E-state index in [-0.39, 0.29) is 17.3 Å². The normalized spacial score (nSPS) is 17.0. The number of aromatic nitrogens is 5. The molecule has 3 aromatic heterocycles. The van der Waals surface area contributed by atoms with Gasteiger partial charge in [-0.1, -0.05) is 0 Å². The number of rotatable bonds is 5. The fraction of sp³-hybridized carbons (Fsp3) is 0.308. The standard InChI is InChI=1S/C26H19F7N8O2/c1-24(2,11-34)23-39-38-21(43-23)14-5-18-15(6-16(14)27)25(29,30)7-17(35)22(42)40(18)9-12-3-4-19(37-20(12)28)41-10-13(8-36-41)26(31,32)33/h3-6,8,10,17H,7,9,35H2,1-2H3. The van der Waals surface area contributed by atoms with Crippen molar-refractivity contribution in [3.8, 4) is 23.3 Å². The summed E-state index contributed by atoms with van der Waals surface area (Å²) in [5.41, 5.74) is 1.11. The van der Waals surface area contributed by atoms with Gasteiger partial charge in [0.05, 0.1) is 41.7 Å². The van der Waals surface area contributed by atoms with Gasteiger partial charge in [0.1, 0.15) is 11.2 Å². The van der Waals surface area contributed by atoms with Gasteiger partial charge in [0.15, 0.2) is 5.82 Å². The van der Waals surface area contributed by atoms with Crippen molar-refractivity contribution < 1.29 is 39.9 Å². The van der Waals surface area contributed by atoms with E-state index in [1.165, 1.54) is 13.8 Å². The van der Waals surface area contributed by atoms with Gasteiger partial charge >= 0.3 is 6.18 Å². The lowest BCUT2D eigenvalue weighted by Crippen LogP contribution is -2.43. The Hall–Kier alpha value is -4.85. The Labute approximate surface area is 237 Å². The van der Waals surface area contributed by atoms with E-state index < -0.39 is 82.5 Å². The van der Waals surface area contributed by atoms with Crippen molar-refractivity contribution in [3.63, 3.8) is 0 Å². The number of hydrogen-bond donors (Lipinski definition) is 1. The largest absolute Gasteiger partial charge is 0.419 e. The van der Waals surface area contributed by atoms with Crippen molar-refractivity contribution in [2.45, 2.75) is 50.4 Å². The van der Waals surface area contributed by atoms with Crippen molar-refractivity contribution in [2.75, 3.05) is 4.90 Å². The molecule has 0 saturated carbocycles. The van der Waals surface area contributed by atoms with E-state index in [1.54, 1.807) is 0 Å². The van der Waals surface area contributed by atoms with Crippen LogP contribution in [0, 0.1) is 23.1 Å². The first-order valence-corrected chi connectivity index (χ1v) is 12.3. The summed E-state index contributed by atoms with van der Waals surface area (Å²) < 4.78 is 106. The second-order valence-corrected chi connectivity index (χ2v) is 10.2. The molecule has 10 nitrogen and oxygen atoms in total. The van der Waals surface area contributed by atoms with E-state index in [2.05, 4.69) is 20.3 Å². The van der Waals surface area contributed by atoms with Crippen molar-refractivity contribution in [1.29, 1.82) is 5.26 Å². The first-order chi connectivity index (χ1) is 20.0. The van der Waals surface area contributed by atoms with Crippen LogP contribution >= 0.6 is 0 Å². The molecule has 43 heavy (non-hydrogen) atoms. The second-order valence-electron chi connectivity index (χ2n) is 10.2. The molecule has 1 amide bonds. The van der Waals surface area contributed by atoms with Crippen molar-refractivity contribution in [3.05, 3.63) is 71.0 Å². The number of anilines is 1. The molecule has 0 aliphatic carbocycles. The fourth-order valence-electron chi connectivity index (χ4n) is 4.29. The minimum absolute atomic E-state index is 0.188. The maximum Gasteiger partial charge on any atom is 0.419 e. The maximum absolute atomic E-state index is 15.2. The van der Waals surface area contributed by atoms with Gasteiger partial charge in [-0.15, -0.1) is 10.2 Å². The third-order valence-electron chi connectivity index (χ3n) is 6.68. The third-order valence-corrected chi connectivity index (χ3v) is 6.68. The summed E-state index contributed by atoms with van der Waals surface area (Å²) in [5.74, 6) is -8.30. The molecule has 0 spiro atoms. The Balaban J connectivity index is 1.57. The Morgan fingerprint density at radius 1 is 1.19 bits per heavy atom. The molecule has 0 fully saturated rings. The van der Waals surface area contributed by atoms with Gasteiger partial charge in [-0.25, -0.2) is 17.9 Å². The van der Waals surface area contributed by atoms with Crippen LogP contribution in [-0.2, 0) is 28.9 Å². The molecule has 1 aromatic carbocycles. The minimum Gasteiger partial charge on any atom is -0.419 e. The number of amides is 1. The zero-order chi connectivity index (χ0) is 31.5. The quantitative estimate of drug-likeness (QED) is 0.253. The summed E-state index contributed by atoms with van der Waals surface area (Å²) >= 11 is 0. The molecule has 5 rings (SSSR count). The lowest BCUT2D eigenvalue weighted by atomic mass is 9.96. The molecule has 224 valence electrons. The minimum atomic E-state index is -4.70. The van der Waals surface area contributed by atoms with Gasteiger partial charge in [-0.3, -0.25) is 4.79 Å². The van der Waals surface area contributed by atoms with Gasteiger partial charge in [-0.2, -0.15) is 32.9 Å². The van der Waals surface area contributed by atoms with E-state index in [0.29, 0.717) is 23.1 Å². The van der Waals surface area contributed by atoms with Crippen LogP contribution in [0.1, 0.15) is 42.8 Å². The van der Waals surface area contributed by atoms with Crippen molar-refractivity contribution in [1.82, 2.24) is 25.0 Å². The highest BCUT2D eigenvalue weighted by atomic mass is 19.4. The molecule has 2 N–H and O–H groups in total. The van der Waals surface area contributed by atoms with Gasteiger partial charge in [0, 0.05) is 23.7 Å². The van der Waals surface area contributed by atoms with E-state index in [0.717, 1.165) is 23.1 Å². The molecule has 1 atom stereocenters. The Morgan fingerprint density at radius 3 is 2.53 bits per heavy atom. The van der Waals surface area contributed by atoms with Crippen molar-refractivity contribution >= 4 is 11.6 Å². The number of fused-ring (bicyclic) bond motifs is 1. The predicted molar refractivity (Wildman–Crippen MR) is 132 cm³/mol. The number of halogens is 7. The number of pyridine rings is 1. The number of alkyl halides is 5.